The van der Waals surface area contributed by atoms with Gasteiger partial charge >= 0.3 is 0 Å². The van der Waals surface area contributed by atoms with Crippen molar-refractivity contribution in [3.05, 3.63) is 104 Å². The second kappa shape index (κ2) is 8.41. The van der Waals surface area contributed by atoms with Crippen LogP contribution in [0.5, 0.6) is 0 Å². The molecule has 0 saturated carbocycles. The Kier molecular flexibility index (Phi) is 6.32. The molecule has 0 aliphatic rings. The van der Waals surface area contributed by atoms with E-state index in [1.165, 1.54) is 0 Å². The van der Waals surface area contributed by atoms with E-state index in [0.717, 1.165) is 0 Å². The lowest BCUT2D eigenvalue weighted by Gasteiger charge is -2.34. The first-order valence-electron chi connectivity index (χ1n) is 8.58. The molecule has 0 atom stereocenters. The van der Waals surface area contributed by atoms with Gasteiger partial charge in [0.1, 0.15) is 7.85 Å². The Balaban J connectivity index is 2.78. The van der Waals surface area contributed by atoms with Gasteiger partial charge in [-0.05, 0) is 0 Å². The highest BCUT2D eigenvalue weighted by Crippen LogP contribution is 2.47. The fourth-order valence-corrected chi connectivity index (χ4v) is 3.51. The zero-order valence-electron chi connectivity index (χ0n) is 16.2. The Morgan fingerprint density at radius 1 is 0.257 bits per heavy atom. The normalized spacial score (nSPS) is 12.0. The molecule has 0 amide bonds. The van der Waals surface area contributed by atoms with Crippen LogP contribution in [0.1, 0.15) is 16.7 Å². The first-order valence-corrected chi connectivity index (χ1v) is 8.58. The summed E-state index contributed by atoms with van der Waals surface area (Å²) in [5.74, 6) is -45.4. The average molecular weight is 526 g/mol. The second-order valence-electron chi connectivity index (χ2n) is 6.96. The lowest BCUT2D eigenvalue weighted by molar-refractivity contribution is 0.340. The molecule has 0 fully saturated rings. The number of benzene rings is 3. The zero-order valence-corrected chi connectivity index (χ0v) is 16.2. The smallest absolute Gasteiger partial charge is 0.200 e. The highest BCUT2D eigenvalue weighted by molar-refractivity contribution is 6.21. The number of halogens is 15. The molecule has 0 bridgehead atoms. The summed E-state index contributed by atoms with van der Waals surface area (Å²) >= 11 is 0. The van der Waals surface area contributed by atoms with E-state index in [1.54, 1.807) is 0 Å². The van der Waals surface area contributed by atoms with Crippen LogP contribution in [0.3, 0.4) is 0 Å². The number of rotatable bonds is 3. The third kappa shape index (κ3) is 3.36. The summed E-state index contributed by atoms with van der Waals surface area (Å²) in [6, 6.07) is 0. The van der Waals surface area contributed by atoms with Crippen LogP contribution in [0.15, 0.2) is 0 Å². The SMILES string of the molecule is BC(c1c(F)c(F)c(F)c(F)c1F)(c1c(F)c(F)c(F)c(F)c1F)c1c(F)c(F)c(F)c(F)c1F. The van der Waals surface area contributed by atoms with E-state index in [-0.39, 0.29) is 7.85 Å². The monoisotopic (exact) mass is 526 g/mol. The van der Waals surface area contributed by atoms with E-state index in [2.05, 4.69) is 0 Å². The Morgan fingerprint density at radius 2 is 0.371 bits per heavy atom. The maximum atomic E-state index is 14.6. The van der Waals surface area contributed by atoms with Crippen LogP contribution in [-0.2, 0) is 5.31 Å². The molecule has 0 saturated heterocycles. The van der Waals surface area contributed by atoms with Crippen LogP contribution in [0.25, 0.3) is 0 Å². The van der Waals surface area contributed by atoms with Gasteiger partial charge < -0.3 is 0 Å². The van der Waals surface area contributed by atoms with Gasteiger partial charge in [0, 0.05) is 22.0 Å². The van der Waals surface area contributed by atoms with Gasteiger partial charge in [0.05, 0.1) is 0 Å². The Morgan fingerprint density at radius 3 is 0.514 bits per heavy atom. The van der Waals surface area contributed by atoms with Crippen LogP contribution >= 0.6 is 0 Å². The molecule has 0 aliphatic heterocycles. The molecule has 16 heteroatoms. The van der Waals surface area contributed by atoms with Crippen LogP contribution in [0.4, 0.5) is 65.9 Å². The summed E-state index contributed by atoms with van der Waals surface area (Å²) < 4.78 is 211. The van der Waals surface area contributed by atoms with Gasteiger partial charge in [0.15, 0.2) is 69.8 Å². The first-order chi connectivity index (χ1) is 16.0. The second-order valence-corrected chi connectivity index (χ2v) is 6.96. The quantitative estimate of drug-likeness (QED) is 0.135. The highest BCUT2D eigenvalue weighted by Gasteiger charge is 2.50. The molecule has 0 spiro atoms. The maximum absolute atomic E-state index is 14.6. The topological polar surface area (TPSA) is 0 Å². The van der Waals surface area contributed by atoms with Crippen LogP contribution in [-0.4, -0.2) is 7.85 Å². The average Bonchev–Trinajstić information content (AvgIpc) is 2.81. The molecule has 35 heavy (non-hydrogen) atoms. The third-order valence-corrected chi connectivity index (χ3v) is 5.13. The van der Waals surface area contributed by atoms with Gasteiger partial charge in [-0.3, -0.25) is 0 Å². The fraction of sp³-hybridized carbons (Fsp3) is 0.0526. The van der Waals surface area contributed by atoms with Gasteiger partial charge in [0.2, 0.25) is 17.5 Å². The van der Waals surface area contributed by atoms with Crippen molar-refractivity contribution in [2.24, 2.45) is 0 Å². The predicted octanol–water partition coefficient (Wildman–Crippen LogP) is 5.70. The van der Waals surface area contributed by atoms with Crippen LogP contribution < -0.4 is 0 Å². The largest absolute Gasteiger partial charge is 0.203 e. The lowest BCUT2D eigenvalue weighted by Crippen LogP contribution is -2.39. The summed E-state index contributed by atoms with van der Waals surface area (Å²) in [7, 11) is -0.276. The maximum Gasteiger partial charge on any atom is 0.200 e. The van der Waals surface area contributed by atoms with E-state index in [9.17, 15) is 65.9 Å². The Bertz CT molecular complexity index is 1160. The molecule has 0 N–H and O–H groups in total. The van der Waals surface area contributed by atoms with Gasteiger partial charge in [0.25, 0.3) is 0 Å². The fourth-order valence-electron chi connectivity index (χ4n) is 3.51. The molecule has 0 heterocycles. The van der Waals surface area contributed by atoms with Crippen molar-refractivity contribution in [3.8, 4) is 0 Å². The van der Waals surface area contributed by atoms with Crippen molar-refractivity contribution in [2.75, 3.05) is 0 Å². The van der Waals surface area contributed by atoms with E-state index >= 15 is 0 Å². The van der Waals surface area contributed by atoms with Crippen molar-refractivity contribution in [2.45, 2.75) is 5.31 Å². The molecule has 0 aromatic heterocycles. The minimum absolute atomic E-state index is 0.276. The van der Waals surface area contributed by atoms with Crippen molar-refractivity contribution in [1.29, 1.82) is 0 Å². The summed E-state index contributed by atoms with van der Waals surface area (Å²) in [4.78, 5) is 0. The third-order valence-electron chi connectivity index (χ3n) is 5.13. The summed E-state index contributed by atoms with van der Waals surface area (Å²) in [6.45, 7) is 0. The van der Waals surface area contributed by atoms with Crippen LogP contribution in [0.2, 0.25) is 0 Å². The van der Waals surface area contributed by atoms with E-state index < -0.39 is 109 Å². The number of hydrogen-bond donors (Lipinski definition) is 0. The van der Waals surface area contributed by atoms with Gasteiger partial charge in [-0.25, -0.2) is 65.9 Å². The Hall–Kier alpha value is -3.33. The van der Waals surface area contributed by atoms with E-state index in [4.69, 9.17) is 0 Å². The molecular weight excluding hydrogens is 524 g/mol. The molecule has 0 unspecified atom stereocenters. The first kappa shape index (κ1) is 26.3. The molecule has 0 nitrogen and oxygen atoms in total. The zero-order chi connectivity index (χ0) is 26.9. The van der Waals surface area contributed by atoms with Crippen LogP contribution in [0, 0.1) is 87.3 Å². The number of hydrogen-bond acceptors (Lipinski definition) is 0. The van der Waals surface area contributed by atoms with Gasteiger partial charge in [-0.15, -0.1) is 0 Å². The highest BCUT2D eigenvalue weighted by atomic mass is 19.2. The molecule has 3 rings (SSSR count). The standard InChI is InChI=1S/C19H2BF15/c20-19(1-4(21)10(27)16(33)11(28)5(1)22,2-6(23)12(29)17(34)13(30)7(2)24)3-8(25)14(31)18(35)15(32)9(3)26/h20H2. The summed E-state index contributed by atoms with van der Waals surface area (Å²) in [6.07, 6.45) is 0. The van der Waals surface area contributed by atoms with E-state index in [1.807, 2.05) is 0 Å². The molecule has 3 aromatic rings. The molecular formula is C19H2BF15. The molecule has 0 radical (unpaired) electrons. The molecule has 186 valence electrons. The van der Waals surface area contributed by atoms with Gasteiger partial charge in [-0.2, -0.15) is 0 Å². The predicted molar refractivity (Wildman–Crippen MR) is 87.1 cm³/mol. The van der Waals surface area contributed by atoms with E-state index in [0.29, 0.717) is 0 Å². The van der Waals surface area contributed by atoms with Crippen molar-refractivity contribution in [1.82, 2.24) is 0 Å². The van der Waals surface area contributed by atoms with Gasteiger partial charge in [-0.1, -0.05) is 0 Å². The molecule has 0 aliphatic carbocycles. The van der Waals surface area contributed by atoms with Crippen molar-refractivity contribution >= 4 is 7.85 Å². The van der Waals surface area contributed by atoms with Crippen molar-refractivity contribution < 1.29 is 65.9 Å². The molecule has 3 aromatic carbocycles. The minimum Gasteiger partial charge on any atom is -0.203 e. The Labute approximate surface area is 184 Å². The lowest BCUT2D eigenvalue weighted by atomic mass is 9.55. The summed E-state index contributed by atoms with van der Waals surface area (Å²) in [5, 5.41) is -4.45. The minimum atomic E-state index is -4.45. The summed E-state index contributed by atoms with van der Waals surface area (Å²) in [5.41, 5.74) is -8.08. The van der Waals surface area contributed by atoms with Crippen molar-refractivity contribution in [3.63, 3.8) is 0 Å².